The Labute approximate surface area is 167 Å². The Morgan fingerprint density at radius 3 is 2.75 bits per heavy atom. The first-order chi connectivity index (χ1) is 13.5. The molecule has 0 atom stereocenters. The molecule has 1 N–H and O–H groups in total. The molecule has 0 aliphatic carbocycles. The highest BCUT2D eigenvalue weighted by atomic mass is 32.2. The number of benzene rings is 1. The summed E-state index contributed by atoms with van der Waals surface area (Å²) in [4.78, 5) is 19.3. The van der Waals surface area contributed by atoms with Crippen LogP contribution >= 0.6 is 11.8 Å². The van der Waals surface area contributed by atoms with Crippen LogP contribution in [0.1, 0.15) is 27.3 Å². The lowest BCUT2D eigenvalue weighted by Crippen LogP contribution is -2.33. The molecular weight excluding hydrogens is 375 g/mol. The monoisotopic (exact) mass is 398 g/mol. The van der Waals surface area contributed by atoms with Gasteiger partial charge in [-0.3, -0.25) is 9.20 Å². The number of hydrogen-bond acceptors (Lipinski definition) is 4. The highest BCUT2D eigenvalue weighted by molar-refractivity contribution is 7.99. The zero-order valence-electron chi connectivity index (χ0n) is 16.0. The van der Waals surface area contributed by atoms with Crippen molar-refractivity contribution in [3.63, 3.8) is 0 Å². The summed E-state index contributed by atoms with van der Waals surface area (Å²) in [5, 5.41) is 2.89. The van der Waals surface area contributed by atoms with Gasteiger partial charge in [0.05, 0.1) is 11.4 Å². The summed E-state index contributed by atoms with van der Waals surface area (Å²) >= 11 is 1.90. The van der Waals surface area contributed by atoms with E-state index in [0.717, 1.165) is 41.4 Å². The molecule has 0 saturated carbocycles. The molecule has 1 saturated heterocycles. The van der Waals surface area contributed by atoms with E-state index in [4.69, 9.17) is 0 Å². The fraction of sp³-hybridized carbons (Fsp3) is 0.333. The van der Waals surface area contributed by atoms with Gasteiger partial charge in [0.1, 0.15) is 17.2 Å². The fourth-order valence-corrected chi connectivity index (χ4v) is 4.43. The molecule has 0 unspecified atom stereocenters. The summed E-state index contributed by atoms with van der Waals surface area (Å²) in [6.45, 7) is 5.81. The maximum atomic E-state index is 14.6. The van der Waals surface area contributed by atoms with Crippen molar-refractivity contribution in [1.82, 2.24) is 14.7 Å². The summed E-state index contributed by atoms with van der Waals surface area (Å²) in [6.07, 6.45) is 1.85. The molecule has 0 radical (unpaired) electrons. The Morgan fingerprint density at radius 2 is 2.00 bits per heavy atom. The Bertz CT molecular complexity index is 1030. The Kier molecular flexibility index (Phi) is 5.26. The third kappa shape index (κ3) is 3.71. The highest BCUT2D eigenvalue weighted by Crippen LogP contribution is 2.24. The standard InChI is InChI=1S/C21H23FN4OS/c1-14-5-6-26-19(11-14)24-15(2)20(26)21(27)23-13-16-3-4-18(17(22)12-16)25-7-9-28-10-8-25/h3-6,11-12H,7-10,13H2,1-2H3,(H,23,27). The van der Waals surface area contributed by atoms with Crippen LogP contribution in [-0.4, -0.2) is 39.9 Å². The van der Waals surface area contributed by atoms with E-state index < -0.39 is 0 Å². The van der Waals surface area contributed by atoms with Gasteiger partial charge in [-0.05, 0) is 49.2 Å². The SMILES string of the molecule is Cc1ccn2c(C(=O)NCc3ccc(N4CCSCC4)c(F)c3)c(C)nc2c1. The normalized spacial score (nSPS) is 14.5. The molecule has 1 aromatic carbocycles. The van der Waals surface area contributed by atoms with E-state index >= 15 is 0 Å². The van der Waals surface area contributed by atoms with Crippen molar-refractivity contribution in [2.24, 2.45) is 0 Å². The molecule has 5 nitrogen and oxygen atoms in total. The van der Waals surface area contributed by atoms with Crippen LogP contribution in [0.4, 0.5) is 10.1 Å². The lowest BCUT2D eigenvalue weighted by molar-refractivity contribution is 0.0944. The van der Waals surface area contributed by atoms with Crippen LogP contribution in [0.3, 0.4) is 0 Å². The lowest BCUT2D eigenvalue weighted by atomic mass is 10.1. The van der Waals surface area contributed by atoms with E-state index in [-0.39, 0.29) is 18.3 Å². The summed E-state index contributed by atoms with van der Waals surface area (Å²) in [5.41, 5.74) is 4.40. The number of amides is 1. The summed E-state index contributed by atoms with van der Waals surface area (Å²) in [5.74, 6) is 1.59. The molecule has 1 amide bonds. The van der Waals surface area contributed by atoms with Gasteiger partial charge in [0.25, 0.3) is 5.91 Å². The van der Waals surface area contributed by atoms with Crippen molar-refractivity contribution in [2.75, 3.05) is 29.5 Å². The average Bonchev–Trinajstić information content (AvgIpc) is 3.01. The quantitative estimate of drug-likeness (QED) is 0.730. The highest BCUT2D eigenvalue weighted by Gasteiger charge is 2.18. The number of carbonyl (C=O) groups is 1. The third-order valence-corrected chi connectivity index (χ3v) is 5.93. The number of aryl methyl sites for hydroxylation is 2. The van der Waals surface area contributed by atoms with Crippen molar-refractivity contribution in [3.8, 4) is 0 Å². The molecule has 4 rings (SSSR count). The first-order valence-electron chi connectivity index (χ1n) is 9.37. The van der Waals surface area contributed by atoms with E-state index in [1.54, 1.807) is 4.40 Å². The Balaban J connectivity index is 1.48. The van der Waals surface area contributed by atoms with Crippen LogP contribution < -0.4 is 10.2 Å². The molecule has 1 aliphatic heterocycles. The summed E-state index contributed by atoms with van der Waals surface area (Å²) in [7, 11) is 0. The molecule has 7 heteroatoms. The molecule has 0 spiro atoms. The van der Waals surface area contributed by atoms with Crippen LogP contribution in [-0.2, 0) is 6.54 Å². The molecule has 28 heavy (non-hydrogen) atoms. The minimum absolute atomic E-state index is 0.216. The number of pyridine rings is 1. The topological polar surface area (TPSA) is 49.6 Å². The van der Waals surface area contributed by atoms with Gasteiger partial charge in [-0.2, -0.15) is 11.8 Å². The number of rotatable bonds is 4. The van der Waals surface area contributed by atoms with Gasteiger partial charge >= 0.3 is 0 Å². The smallest absolute Gasteiger partial charge is 0.270 e. The zero-order chi connectivity index (χ0) is 19.7. The van der Waals surface area contributed by atoms with Crippen LogP contribution in [0.5, 0.6) is 0 Å². The predicted octanol–water partition coefficient (Wildman–Crippen LogP) is 3.57. The number of nitrogens with zero attached hydrogens (tertiary/aromatic N) is 3. The van der Waals surface area contributed by atoms with Gasteiger partial charge in [0.15, 0.2) is 0 Å². The number of halogens is 1. The largest absolute Gasteiger partial charge is 0.368 e. The zero-order valence-corrected chi connectivity index (χ0v) is 16.9. The molecule has 3 heterocycles. The summed E-state index contributed by atoms with van der Waals surface area (Å²) in [6, 6.07) is 9.09. The van der Waals surface area contributed by atoms with E-state index in [1.165, 1.54) is 6.07 Å². The van der Waals surface area contributed by atoms with Crippen molar-refractivity contribution in [3.05, 3.63) is 64.9 Å². The van der Waals surface area contributed by atoms with Crippen molar-refractivity contribution in [1.29, 1.82) is 0 Å². The molecular formula is C21H23FN4OS. The van der Waals surface area contributed by atoms with Gasteiger partial charge in [-0.25, -0.2) is 9.37 Å². The number of aromatic nitrogens is 2. The van der Waals surface area contributed by atoms with Crippen molar-refractivity contribution < 1.29 is 9.18 Å². The number of imidazole rings is 1. The van der Waals surface area contributed by atoms with Crippen LogP contribution in [0.2, 0.25) is 0 Å². The van der Waals surface area contributed by atoms with Gasteiger partial charge < -0.3 is 10.2 Å². The van der Waals surface area contributed by atoms with E-state index in [1.807, 2.05) is 56.1 Å². The van der Waals surface area contributed by atoms with Gasteiger partial charge in [-0.1, -0.05) is 6.07 Å². The Morgan fingerprint density at radius 1 is 1.21 bits per heavy atom. The van der Waals surface area contributed by atoms with Crippen molar-refractivity contribution >= 4 is 29.0 Å². The molecule has 1 aliphatic rings. The number of nitrogens with one attached hydrogen (secondary N) is 1. The van der Waals surface area contributed by atoms with Crippen molar-refractivity contribution in [2.45, 2.75) is 20.4 Å². The van der Waals surface area contributed by atoms with Crippen LogP contribution in [0, 0.1) is 19.7 Å². The van der Waals surface area contributed by atoms with Crippen LogP contribution in [0.25, 0.3) is 5.65 Å². The lowest BCUT2D eigenvalue weighted by Gasteiger charge is -2.29. The minimum atomic E-state index is -0.236. The van der Waals surface area contributed by atoms with E-state index in [9.17, 15) is 9.18 Å². The molecule has 0 bridgehead atoms. The third-order valence-electron chi connectivity index (χ3n) is 4.99. The minimum Gasteiger partial charge on any atom is -0.368 e. The number of thioether (sulfide) groups is 1. The molecule has 1 fully saturated rings. The maximum Gasteiger partial charge on any atom is 0.270 e. The van der Waals surface area contributed by atoms with Gasteiger partial charge in [-0.15, -0.1) is 0 Å². The Hall–Kier alpha value is -2.54. The summed E-state index contributed by atoms with van der Waals surface area (Å²) < 4.78 is 16.4. The molecule has 2 aromatic heterocycles. The van der Waals surface area contributed by atoms with Gasteiger partial charge in [0.2, 0.25) is 0 Å². The van der Waals surface area contributed by atoms with E-state index in [2.05, 4.69) is 15.2 Å². The second kappa shape index (κ2) is 7.83. The molecule has 3 aromatic rings. The predicted molar refractivity (Wildman–Crippen MR) is 112 cm³/mol. The maximum absolute atomic E-state index is 14.6. The van der Waals surface area contributed by atoms with Crippen LogP contribution in [0.15, 0.2) is 36.5 Å². The van der Waals surface area contributed by atoms with Gasteiger partial charge in [0, 0.05) is 37.3 Å². The number of carbonyl (C=O) groups excluding carboxylic acids is 1. The second-order valence-corrected chi connectivity index (χ2v) is 8.27. The van der Waals surface area contributed by atoms with E-state index in [0.29, 0.717) is 17.1 Å². The number of anilines is 1. The first-order valence-corrected chi connectivity index (χ1v) is 10.5. The fourth-order valence-electron chi connectivity index (χ4n) is 3.52. The molecule has 146 valence electrons. The second-order valence-electron chi connectivity index (χ2n) is 7.05. The number of hydrogen-bond donors (Lipinski definition) is 1. The number of fused-ring (bicyclic) bond motifs is 1. The first kappa shape index (κ1) is 18.8. The average molecular weight is 399 g/mol.